The van der Waals surface area contributed by atoms with E-state index in [9.17, 15) is 4.79 Å². The van der Waals surface area contributed by atoms with Crippen molar-refractivity contribution >= 4 is 22.4 Å². The van der Waals surface area contributed by atoms with Gasteiger partial charge in [-0.3, -0.25) is 14.4 Å². The maximum absolute atomic E-state index is 13.1. The zero-order valence-electron chi connectivity index (χ0n) is 15.1. The van der Waals surface area contributed by atoms with Crippen molar-refractivity contribution in [3.8, 4) is 11.3 Å². The summed E-state index contributed by atoms with van der Waals surface area (Å²) in [6, 6.07) is 3.42. The van der Waals surface area contributed by atoms with E-state index in [4.69, 9.17) is 14.1 Å². The van der Waals surface area contributed by atoms with Gasteiger partial charge in [0, 0.05) is 29.8 Å². The van der Waals surface area contributed by atoms with E-state index in [2.05, 4.69) is 5.10 Å². The lowest BCUT2D eigenvalue weighted by Crippen LogP contribution is -2.37. The van der Waals surface area contributed by atoms with Crippen LogP contribution in [0.4, 0.5) is 5.13 Å². The normalized spacial score (nSPS) is 18.3. The van der Waals surface area contributed by atoms with Gasteiger partial charge in [0.25, 0.3) is 5.91 Å². The van der Waals surface area contributed by atoms with Crippen LogP contribution in [0.1, 0.15) is 34.0 Å². The molecule has 1 amide bonds. The van der Waals surface area contributed by atoms with Crippen molar-refractivity contribution in [2.45, 2.75) is 31.8 Å². The Balaban J connectivity index is 1.52. The van der Waals surface area contributed by atoms with Crippen LogP contribution in [0.3, 0.4) is 0 Å². The number of nitrogens with zero attached hydrogens (tertiary/aromatic N) is 4. The molecule has 1 aliphatic carbocycles. The molecule has 1 fully saturated rings. The van der Waals surface area contributed by atoms with E-state index in [1.54, 1.807) is 28.4 Å². The lowest BCUT2D eigenvalue weighted by atomic mass is 10.0. The number of anilines is 1. The van der Waals surface area contributed by atoms with Gasteiger partial charge in [-0.2, -0.15) is 5.10 Å². The first-order valence-corrected chi connectivity index (χ1v) is 10.0. The van der Waals surface area contributed by atoms with E-state index in [1.165, 1.54) is 16.8 Å². The van der Waals surface area contributed by atoms with E-state index >= 15 is 0 Å². The molecule has 0 radical (unpaired) electrons. The summed E-state index contributed by atoms with van der Waals surface area (Å²) >= 11 is 1.58. The van der Waals surface area contributed by atoms with Crippen LogP contribution < -0.4 is 4.90 Å². The number of ether oxygens (including phenoxy) is 1. The second-order valence-corrected chi connectivity index (χ2v) is 7.99. The quantitative estimate of drug-likeness (QED) is 0.691. The topological polar surface area (TPSA) is 73.4 Å². The zero-order chi connectivity index (χ0) is 18.4. The maximum atomic E-state index is 13.1. The average molecular weight is 384 g/mol. The van der Waals surface area contributed by atoms with Gasteiger partial charge >= 0.3 is 0 Å². The number of carbonyl (C=O) groups excluding carboxylic acids is 1. The molecule has 3 aromatic rings. The average Bonchev–Trinajstić information content (AvgIpc) is 3.45. The third-order valence-corrected chi connectivity index (χ3v) is 6.35. The van der Waals surface area contributed by atoms with Crippen LogP contribution in [0.5, 0.6) is 0 Å². The SMILES string of the molecule is Cn1ncc2c1CCc1sc(N(C[C@H]3CCCO3)C(=O)c3ccco3)nc1-2. The Bertz CT molecular complexity index is 969. The van der Waals surface area contributed by atoms with Crippen LogP contribution >= 0.6 is 11.3 Å². The molecule has 8 heteroatoms. The molecule has 4 heterocycles. The molecule has 0 N–H and O–H groups in total. The molecular weight excluding hydrogens is 364 g/mol. The highest BCUT2D eigenvalue weighted by Gasteiger charge is 2.31. The third kappa shape index (κ3) is 2.89. The molecule has 27 heavy (non-hydrogen) atoms. The number of fused-ring (bicyclic) bond motifs is 3. The number of hydrogen-bond donors (Lipinski definition) is 0. The Morgan fingerprint density at radius 2 is 2.37 bits per heavy atom. The van der Waals surface area contributed by atoms with E-state index in [0.717, 1.165) is 43.5 Å². The van der Waals surface area contributed by atoms with Gasteiger partial charge < -0.3 is 9.15 Å². The number of amides is 1. The molecule has 7 nitrogen and oxygen atoms in total. The number of rotatable bonds is 4. The van der Waals surface area contributed by atoms with Gasteiger partial charge in [0.2, 0.25) is 0 Å². The summed E-state index contributed by atoms with van der Waals surface area (Å²) in [5.74, 6) is 0.149. The first-order chi connectivity index (χ1) is 13.2. The fraction of sp³-hybridized carbons (Fsp3) is 0.421. The maximum Gasteiger partial charge on any atom is 0.295 e. The van der Waals surface area contributed by atoms with Crippen LogP contribution in [0, 0.1) is 0 Å². The number of aromatic nitrogens is 3. The molecule has 0 unspecified atom stereocenters. The number of carbonyl (C=O) groups is 1. The van der Waals surface area contributed by atoms with Gasteiger partial charge in [-0.05, 0) is 37.8 Å². The highest BCUT2D eigenvalue weighted by atomic mass is 32.1. The molecule has 3 aromatic heterocycles. The molecule has 140 valence electrons. The molecule has 0 saturated carbocycles. The van der Waals surface area contributed by atoms with Crippen molar-refractivity contribution in [3.63, 3.8) is 0 Å². The van der Waals surface area contributed by atoms with Gasteiger partial charge in [0.05, 0.1) is 30.8 Å². The van der Waals surface area contributed by atoms with E-state index in [0.29, 0.717) is 17.4 Å². The second-order valence-electron chi connectivity index (χ2n) is 6.92. The highest BCUT2D eigenvalue weighted by Crippen LogP contribution is 2.39. The molecule has 0 bridgehead atoms. The van der Waals surface area contributed by atoms with Crippen molar-refractivity contribution in [1.82, 2.24) is 14.8 Å². The second kappa shape index (κ2) is 6.61. The third-order valence-electron chi connectivity index (χ3n) is 5.21. The molecule has 0 spiro atoms. The summed E-state index contributed by atoms with van der Waals surface area (Å²) in [5, 5.41) is 5.08. The molecule has 0 aromatic carbocycles. The fourth-order valence-electron chi connectivity index (χ4n) is 3.80. The van der Waals surface area contributed by atoms with Crippen LogP contribution in [0.15, 0.2) is 29.0 Å². The number of aryl methyl sites for hydroxylation is 2. The lowest BCUT2D eigenvalue weighted by Gasteiger charge is -2.22. The summed E-state index contributed by atoms with van der Waals surface area (Å²) < 4.78 is 13.0. The first-order valence-electron chi connectivity index (χ1n) is 9.18. The Morgan fingerprint density at radius 3 is 3.15 bits per heavy atom. The Morgan fingerprint density at radius 1 is 1.44 bits per heavy atom. The minimum Gasteiger partial charge on any atom is -0.459 e. The zero-order valence-corrected chi connectivity index (χ0v) is 15.9. The lowest BCUT2D eigenvalue weighted by molar-refractivity contribution is 0.0895. The minimum absolute atomic E-state index is 0.0405. The minimum atomic E-state index is -0.173. The van der Waals surface area contributed by atoms with Crippen molar-refractivity contribution in [3.05, 3.63) is 40.9 Å². The summed E-state index contributed by atoms with van der Waals surface area (Å²) in [6.07, 6.45) is 7.28. The van der Waals surface area contributed by atoms with Crippen LogP contribution in [-0.4, -0.2) is 39.9 Å². The molecule has 1 aliphatic heterocycles. The monoisotopic (exact) mass is 384 g/mol. The van der Waals surface area contributed by atoms with Crippen LogP contribution in [0.2, 0.25) is 0 Å². The molecule has 2 aliphatic rings. The van der Waals surface area contributed by atoms with Gasteiger partial charge in [0.15, 0.2) is 10.9 Å². The van der Waals surface area contributed by atoms with Gasteiger partial charge in [0.1, 0.15) is 0 Å². The first kappa shape index (κ1) is 16.7. The van der Waals surface area contributed by atoms with Gasteiger partial charge in [-0.1, -0.05) is 0 Å². The highest BCUT2D eigenvalue weighted by molar-refractivity contribution is 7.16. The van der Waals surface area contributed by atoms with Gasteiger partial charge in [-0.15, -0.1) is 11.3 Å². The Kier molecular flexibility index (Phi) is 4.09. The summed E-state index contributed by atoms with van der Waals surface area (Å²) in [7, 11) is 1.96. The van der Waals surface area contributed by atoms with Crippen LogP contribution in [0.25, 0.3) is 11.3 Å². The number of hydrogen-bond acceptors (Lipinski definition) is 6. The van der Waals surface area contributed by atoms with Crippen LogP contribution in [-0.2, 0) is 24.6 Å². The molecule has 1 saturated heterocycles. The summed E-state index contributed by atoms with van der Waals surface area (Å²) in [6.45, 7) is 1.24. The molecule has 1 atom stereocenters. The Hall–Kier alpha value is -2.45. The van der Waals surface area contributed by atoms with Crippen molar-refractivity contribution in [2.75, 3.05) is 18.1 Å². The largest absolute Gasteiger partial charge is 0.459 e. The predicted octanol–water partition coefficient (Wildman–Crippen LogP) is 3.06. The fourth-order valence-corrected chi connectivity index (χ4v) is 4.88. The van der Waals surface area contributed by atoms with Gasteiger partial charge in [-0.25, -0.2) is 4.98 Å². The summed E-state index contributed by atoms with van der Waals surface area (Å²) in [5.41, 5.74) is 3.22. The van der Waals surface area contributed by atoms with E-state index in [-0.39, 0.29) is 12.0 Å². The standard InChI is InChI=1S/C19H20N4O3S/c1-22-14-6-7-16-17(13(14)10-20-22)21-19(27-16)23(11-12-4-2-8-25-12)18(24)15-5-3-9-26-15/h3,5,9-10,12H,2,4,6-8,11H2,1H3/t12-/m1/s1. The van der Waals surface area contributed by atoms with E-state index in [1.807, 2.05) is 17.9 Å². The molecule has 5 rings (SSSR count). The van der Waals surface area contributed by atoms with Crippen molar-refractivity contribution in [1.29, 1.82) is 0 Å². The van der Waals surface area contributed by atoms with Crippen molar-refractivity contribution < 1.29 is 13.9 Å². The molecular formula is C19H20N4O3S. The number of thiazole rings is 1. The number of furan rings is 1. The predicted molar refractivity (Wildman–Crippen MR) is 101 cm³/mol. The smallest absolute Gasteiger partial charge is 0.295 e. The Labute approximate surface area is 160 Å². The summed E-state index contributed by atoms with van der Waals surface area (Å²) in [4.78, 5) is 20.9. The van der Waals surface area contributed by atoms with E-state index < -0.39 is 0 Å². The van der Waals surface area contributed by atoms with Crippen molar-refractivity contribution in [2.24, 2.45) is 7.05 Å².